The highest BCUT2D eigenvalue weighted by atomic mass is 16.5. The number of β-amino-alcohol motifs (C(OH)–C–C–N with tert-alkyl or cyclic N) is 1. The van der Waals surface area contributed by atoms with E-state index in [9.17, 15) is 9.90 Å². The van der Waals surface area contributed by atoms with Gasteiger partial charge in [0.15, 0.2) is 0 Å². The molecule has 2 aliphatic rings. The molecule has 2 aliphatic heterocycles. The summed E-state index contributed by atoms with van der Waals surface area (Å²) in [6.07, 6.45) is 2.45. The fourth-order valence-electron chi connectivity index (χ4n) is 3.61. The maximum atomic E-state index is 11.7. The Morgan fingerprint density at radius 3 is 2.56 bits per heavy atom. The van der Waals surface area contributed by atoms with Crippen molar-refractivity contribution in [2.24, 2.45) is 0 Å². The number of urea groups is 1. The number of ether oxygens (including phenoxy) is 1. The summed E-state index contributed by atoms with van der Waals surface area (Å²) < 4.78 is 5.69. The highest BCUT2D eigenvalue weighted by molar-refractivity contribution is 5.76. The van der Waals surface area contributed by atoms with Crippen LogP contribution >= 0.6 is 0 Å². The maximum Gasteiger partial charge on any atom is 0.317 e. The molecule has 0 bridgehead atoms. The Bertz CT molecular complexity index is 556. The number of hydrogen-bond donors (Lipinski definition) is 2. The largest absolute Gasteiger partial charge is 0.491 e. The topological polar surface area (TPSA) is 65.0 Å². The van der Waals surface area contributed by atoms with Crippen molar-refractivity contribution in [2.75, 3.05) is 39.3 Å². The lowest BCUT2D eigenvalue weighted by atomic mass is 10.0. The van der Waals surface area contributed by atoms with Crippen LogP contribution in [0.25, 0.3) is 0 Å². The van der Waals surface area contributed by atoms with Crippen LogP contribution in [0, 0.1) is 0 Å². The van der Waals surface area contributed by atoms with Gasteiger partial charge in [0.2, 0.25) is 0 Å². The molecule has 2 saturated heterocycles. The van der Waals surface area contributed by atoms with Crippen LogP contribution < -0.4 is 10.1 Å². The van der Waals surface area contributed by atoms with Crippen molar-refractivity contribution < 1.29 is 14.6 Å². The van der Waals surface area contributed by atoms with Gasteiger partial charge in [0.25, 0.3) is 0 Å². The van der Waals surface area contributed by atoms with Crippen LogP contribution in [0.5, 0.6) is 5.75 Å². The van der Waals surface area contributed by atoms with Crippen LogP contribution in [0.3, 0.4) is 0 Å². The molecule has 0 saturated carbocycles. The maximum absolute atomic E-state index is 11.7. The van der Waals surface area contributed by atoms with Crippen LogP contribution in [0.2, 0.25) is 0 Å². The van der Waals surface area contributed by atoms with E-state index >= 15 is 0 Å². The van der Waals surface area contributed by atoms with Crippen molar-refractivity contribution in [3.05, 3.63) is 29.8 Å². The molecule has 1 aromatic rings. The summed E-state index contributed by atoms with van der Waals surface area (Å²) in [5.74, 6) is 0.801. The predicted octanol–water partition coefficient (Wildman–Crippen LogP) is 1.48. The Kier molecular flexibility index (Phi) is 6.15. The van der Waals surface area contributed by atoms with Crippen LogP contribution in [0.4, 0.5) is 4.79 Å². The van der Waals surface area contributed by atoms with Gasteiger partial charge in [0, 0.05) is 38.8 Å². The molecule has 1 atom stereocenters. The monoisotopic (exact) mass is 347 g/mol. The van der Waals surface area contributed by atoms with Crippen LogP contribution in [-0.2, 0) is 6.42 Å². The van der Waals surface area contributed by atoms with Gasteiger partial charge < -0.3 is 25.0 Å². The minimum absolute atomic E-state index is 0.0703. The summed E-state index contributed by atoms with van der Waals surface area (Å²) in [4.78, 5) is 16.0. The molecule has 6 heteroatoms. The minimum atomic E-state index is -0.502. The number of nitrogens with one attached hydrogen (secondary N) is 1. The van der Waals surface area contributed by atoms with E-state index in [-0.39, 0.29) is 6.03 Å². The molecule has 0 aliphatic carbocycles. The summed E-state index contributed by atoms with van der Waals surface area (Å²) in [7, 11) is 0. The zero-order chi connectivity index (χ0) is 17.6. The molecular formula is C19H29N3O3. The summed E-state index contributed by atoms with van der Waals surface area (Å²) in [5, 5.41) is 13.1. The Morgan fingerprint density at radius 1 is 1.24 bits per heavy atom. The first-order valence-electron chi connectivity index (χ1n) is 9.32. The molecule has 2 fully saturated rings. The zero-order valence-corrected chi connectivity index (χ0v) is 15.0. The second-order valence-corrected chi connectivity index (χ2v) is 6.92. The molecule has 25 heavy (non-hydrogen) atoms. The number of amides is 2. The standard InChI is InChI=1S/C19H29N3O3/c1-2-15-3-5-18(6-4-15)25-14-17(23)13-21-10-7-16(8-11-21)22-12-9-20-19(22)24/h3-6,16-17,23H,2,7-14H2,1H3,(H,20,24)/t17-/m0/s1. The number of piperidine rings is 1. The van der Waals surface area contributed by atoms with Gasteiger partial charge in [-0.15, -0.1) is 0 Å². The number of rotatable bonds is 7. The molecular weight excluding hydrogens is 318 g/mol. The predicted molar refractivity (Wildman–Crippen MR) is 96.9 cm³/mol. The van der Waals surface area contributed by atoms with Crippen molar-refractivity contribution in [1.82, 2.24) is 15.1 Å². The molecule has 3 rings (SSSR count). The Hall–Kier alpha value is -1.79. The Balaban J connectivity index is 1.37. The Morgan fingerprint density at radius 2 is 1.96 bits per heavy atom. The van der Waals surface area contributed by atoms with E-state index < -0.39 is 6.10 Å². The molecule has 2 amide bonds. The average Bonchev–Trinajstić information content (AvgIpc) is 3.07. The fourth-order valence-corrected chi connectivity index (χ4v) is 3.61. The van der Waals surface area contributed by atoms with E-state index in [1.165, 1.54) is 5.56 Å². The second-order valence-electron chi connectivity index (χ2n) is 6.92. The highest BCUT2D eigenvalue weighted by Gasteiger charge is 2.30. The van der Waals surface area contributed by atoms with E-state index in [1.54, 1.807) is 0 Å². The molecule has 0 aromatic heterocycles. The van der Waals surface area contributed by atoms with Gasteiger partial charge in [-0.1, -0.05) is 19.1 Å². The van der Waals surface area contributed by atoms with Gasteiger partial charge in [-0.2, -0.15) is 0 Å². The molecule has 0 radical (unpaired) electrons. The molecule has 6 nitrogen and oxygen atoms in total. The van der Waals surface area contributed by atoms with E-state index in [0.717, 1.165) is 51.2 Å². The molecule has 2 N–H and O–H groups in total. The smallest absolute Gasteiger partial charge is 0.317 e. The zero-order valence-electron chi connectivity index (χ0n) is 15.0. The lowest BCUT2D eigenvalue weighted by Gasteiger charge is -2.36. The number of aliphatic hydroxyl groups excluding tert-OH is 1. The minimum Gasteiger partial charge on any atom is -0.491 e. The van der Waals surface area contributed by atoms with Gasteiger partial charge in [0.05, 0.1) is 0 Å². The molecule has 138 valence electrons. The van der Waals surface area contributed by atoms with E-state index in [2.05, 4.69) is 29.3 Å². The first kappa shape index (κ1) is 18.0. The molecule has 0 spiro atoms. The number of benzene rings is 1. The SMILES string of the molecule is CCc1ccc(OC[C@@H](O)CN2CCC(N3CCNC3=O)CC2)cc1. The van der Waals surface area contributed by atoms with Gasteiger partial charge in [-0.3, -0.25) is 0 Å². The Labute approximate surface area is 149 Å². The van der Waals surface area contributed by atoms with Crippen LogP contribution in [-0.4, -0.2) is 72.4 Å². The number of nitrogens with zero attached hydrogens (tertiary/aromatic N) is 2. The summed E-state index contributed by atoms with van der Waals surface area (Å²) in [6, 6.07) is 8.43. The van der Waals surface area contributed by atoms with Crippen LogP contribution in [0.1, 0.15) is 25.3 Å². The summed E-state index contributed by atoms with van der Waals surface area (Å²) in [5.41, 5.74) is 1.28. The molecule has 0 unspecified atom stereocenters. The highest BCUT2D eigenvalue weighted by Crippen LogP contribution is 2.19. The number of carbonyl (C=O) groups excluding carboxylic acids is 1. The molecule has 1 aromatic carbocycles. The quantitative estimate of drug-likeness (QED) is 0.784. The number of aliphatic hydroxyl groups is 1. The number of aryl methyl sites for hydroxylation is 1. The summed E-state index contributed by atoms with van der Waals surface area (Å²) >= 11 is 0. The first-order chi connectivity index (χ1) is 12.2. The van der Waals surface area contributed by atoms with Crippen molar-refractivity contribution >= 4 is 6.03 Å². The second kappa shape index (κ2) is 8.54. The summed E-state index contributed by atoms with van der Waals surface area (Å²) in [6.45, 7) is 6.45. The van der Waals surface area contributed by atoms with Gasteiger partial charge >= 0.3 is 6.03 Å². The van der Waals surface area contributed by atoms with Gasteiger partial charge in [-0.25, -0.2) is 4.79 Å². The molecule has 2 heterocycles. The van der Waals surface area contributed by atoms with E-state index in [1.807, 2.05) is 17.0 Å². The third-order valence-electron chi connectivity index (χ3n) is 5.13. The fraction of sp³-hybridized carbons (Fsp3) is 0.632. The van der Waals surface area contributed by atoms with E-state index in [0.29, 0.717) is 19.2 Å². The third-order valence-corrected chi connectivity index (χ3v) is 5.13. The number of carbonyl (C=O) groups is 1. The first-order valence-corrected chi connectivity index (χ1v) is 9.32. The van der Waals surface area contributed by atoms with Crippen molar-refractivity contribution in [2.45, 2.75) is 38.3 Å². The van der Waals surface area contributed by atoms with Crippen molar-refractivity contribution in [3.63, 3.8) is 0 Å². The number of hydrogen-bond acceptors (Lipinski definition) is 4. The van der Waals surface area contributed by atoms with Gasteiger partial charge in [-0.05, 0) is 37.0 Å². The lowest BCUT2D eigenvalue weighted by Crippen LogP contribution is -2.48. The lowest BCUT2D eigenvalue weighted by molar-refractivity contribution is 0.0508. The number of likely N-dealkylation sites (tertiary alicyclic amines) is 1. The van der Waals surface area contributed by atoms with Crippen LogP contribution in [0.15, 0.2) is 24.3 Å². The van der Waals surface area contributed by atoms with Crippen molar-refractivity contribution in [1.29, 1.82) is 0 Å². The van der Waals surface area contributed by atoms with Gasteiger partial charge in [0.1, 0.15) is 18.5 Å². The van der Waals surface area contributed by atoms with Crippen molar-refractivity contribution in [3.8, 4) is 5.75 Å². The third kappa shape index (κ3) is 4.86. The average molecular weight is 347 g/mol. The normalized spacial score (nSPS) is 20.6. The van der Waals surface area contributed by atoms with E-state index in [4.69, 9.17) is 4.74 Å².